The molecule has 0 aliphatic rings. The van der Waals surface area contributed by atoms with Crippen LogP contribution in [0.5, 0.6) is 0 Å². The normalized spacial score (nSPS) is 10.3. The van der Waals surface area contributed by atoms with E-state index in [1.54, 1.807) is 45.0 Å². The van der Waals surface area contributed by atoms with Gasteiger partial charge in [-0.15, -0.1) is 6.42 Å². The van der Waals surface area contributed by atoms with Crippen molar-refractivity contribution in [1.82, 2.24) is 10.4 Å². The predicted octanol–water partition coefficient (Wildman–Crippen LogP) is 1.59. The molecule has 1 aromatic carbocycles. The minimum absolute atomic E-state index is 0.367. The topological polar surface area (TPSA) is 49.4 Å². The van der Waals surface area contributed by atoms with Gasteiger partial charge in [0.05, 0.1) is 5.54 Å². The van der Waals surface area contributed by atoms with Crippen molar-refractivity contribution in [3.63, 3.8) is 0 Å². The number of benzene rings is 1. The SMILES string of the molecule is C#CC(=O)N(NC(=O)c1ccccc1)C(C)(C)C. The van der Waals surface area contributed by atoms with Gasteiger partial charge in [-0.25, -0.2) is 5.01 Å². The Hall–Kier alpha value is -2.28. The fraction of sp³-hybridized carbons (Fsp3) is 0.286. The van der Waals surface area contributed by atoms with E-state index in [1.807, 2.05) is 12.0 Å². The zero-order valence-corrected chi connectivity index (χ0v) is 10.7. The number of amides is 2. The number of hydrogen-bond acceptors (Lipinski definition) is 2. The lowest BCUT2D eigenvalue weighted by Gasteiger charge is -2.33. The molecule has 1 rings (SSSR count). The Kier molecular flexibility index (Phi) is 4.11. The first-order valence-corrected chi connectivity index (χ1v) is 5.53. The van der Waals surface area contributed by atoms with E-state index in [9.17, 15) is 9.59 Å². The summed E-state index contributed by atoms with van der Waals surface area (Å²) in [6, 6.07) is 8.64. The average molecular weight is 244 g/mol. The Morgan fingerprint density at radius 2 is 1.78 bits per heavy atom. The molecule has 0 aromatic heterocycles. The summed E-state index contributed by atoms with van der Waals surface area (Å²) in [7, 11) is 0. The van der Waals surface area contributed by atoms with E-state index in [0.717, 1.165) is 5.01 Å². The highest BCUT2D eigenvalue weighted by Gasteiger charge is 2.27. The monoisotopic (exact) mass is 244 g/mol. The van der Waals surface area contributed by atoms with Gasteiger partial charge in [-0.05, 0) is 38.8 Å². The van der Waals surface area contributed by atoms with Crippen LogP contribution in [0.2, 0.25) is 0 Å². The molecule has 18 heavy (non-hydrogen) atoms. The van der Waals surface area contributed by atoms with Crippen LogP contribution in [0.4, 0.5) is 0 Å². The van der Waals surface area contributed by atoms with E-state index in [1.165, 1.54) is 0 Å². The second-order valence-corrected chi connectivity index (χ2v) is 4.76. The fourth-order valence-corrected chi connectivity index (χ4v) is 1.34. The second-order valence-electron chi connectivity index (χ2n) is 4.76. The van der Waals surface area contributed by atoms with Gasteiger partial charge in [0.15, 0.2) is 0 Å². The highest BCUT2D eigenvalue weighted by molar-refractivity contribution is 5.98. The summed E-state index contributed by atoms with van der Waals surface area (Å²) >= 11 is 0. The van der Waals surface area contributed by atoms with Crippen molar-refractivity contribution in [1.29, 1.82) is 0 Å². The third kappa shape index (κ3) is 3.36. The number of hydrazine groups is 1. The molecule has 1 N–H and O–H groups in total. The van der Waals surface area contributed by atoms with E-state index in [4.69, 9.17) is 6.42 Å². The van der Waals surface area contributed by atoms with Crippen molar-refractivity contribution in [2.45, 2.75) is 26.3 Å². The quantitative estimate of drug-likeness (QED) is 0.602. The molecule has 0 radical (unpaired) electrons. The summed E-state index contributed by atoms with van der Waals surface area (Å²) in [5, 5.41) is 1.16. The average Bonchev–Trinajstić information content (AvgIpc) is 2.34. The first-order chi connectivity index (χ1) is 8.36. The minimum atomic E-state index is -0.589. The van der Waals surface area contributed by atoms with Crippen molar-refractivity contribution in [3.05, 3.63) is 35.9 Å². The molecule has 1 aromatic rings. The lowest BCUT2D eigenvalue weighted by molar-refractivity contribution is -0.132. The van der Waals surface area contributed by atoms with Gasteiger partial charge in [0.1, 0.15) is 0 Å². The van der Waals surface area contributed by atoms with Crippen LogP contribution in [-0.4, -0.2) is 22.4 Å². The van der Waals surface area contributed by atoms with Gasteiger partial charge in [0.25, 0.3) is 5.91 Å². The number of nitrogens with zero attached hydrogens (tertiary/aromatic N) is 1. The smallest absolute Gasteiger partial charge is 0.267 e. The van der Waals surface area contributed by atoms with Gasteiger partial charge in [0, 0.05) is 5.56 Å². The van der Waals surface area contributed by atoms with Gasteiger partial charge < -0.3 is 0 Å². The number of carbonyl (C=O) groups is 2. The van der Waals surface area contributed by atoms with Crippen LogP contribution in [0.15, 0.2) is 30.3 Å². The number of carbonyl (C=O) groups excluding carboxylic acids is 2. The molecular weight excluding hydrogens is 228 g/mol. The summed E-state index contributed by atoms with van der Waals surface area (Å²) in [6.07, 6.45) is 5.09. The van der Waals surface area contributed by atoms with Crippen molar-refractivity contribution in [2.75, 3.05) is 0 Å². The van der Waals surface area contributed by atoms with Crippen LogP contribution in [0.1, 0.15) is 31.1 Å². The first-order valence-electron chi connectivity index (χ1n) is 5.53. The molecule has 0 aliphatic carbocycles. The van der Waals surface area contributed by atoms with E-state index < -0.39 is 11.4 Å². The van der Waals surface area contributed by atoms with Crippen LogP contribution in [-0.2, 0) is 4.79 Å². The zero-order valence-electron chi connectivity index (χ0n) is 10.7. The molecular formula is C14H16N2O2. The maximum atomic E-state index is 11.9. The van der Waals surface area contributed by atoms with Gasteiger partial charge >= 0.3 is 5.91 Å². The third-order valence-electron chi connectivity index (χ3n) is 2.25. The Bertz CT molecular complexity index is 481. The molecule has 4 nitrogen and oxygen atoms in total. The van der Waals surface area contributed by atoms with Crippen LogP contribution < -0.4 is 5.43 Å². The number of hydrogen-bond donors (Lipinski definition) is 1. The molecule has 0 atom stereocenters. The molecule has 0 aliphatic heterocycles. The van der Waals surface area contributed by atoms with Crippen LogP contribution in [0, 0.1) is 12.3 Å². The zero-order chi connectivity index (χ0) is 13.8. The maximum Gasteiger partial charge on any atom is 0.317 e. The van der Waals surface area contributed by atoms with Crippen LogP contribution in [0.3, 0.4) is 0 Å². The molecule has 0 saturated carbocycles. The van der Waals surface area contributed by atoms with Gasteiger partial charge in [-0.2, -0.15) is 0 Å². The van der Waals surface area contributed by atoms with Gasteiger partial charge in [-0.3, -0.25) is 15.0 Å². The summed E-state index contributed by atoms with van der Waals surface area (Å²) in [5.74, 6) is 1.06. The predicted molar refractivity (Wildman–Crippen MR) is 69.3 cm³/mol. The van der Waals surface area contributed by atoms with Gasteiger partial charge in [-0.1, -0.05) is 18.2 Å². The Balaban J connectivity index is 2.90. The molecule has 2 amide bonds. The second kappa shape index (κ2) is 5.37. The Morgan fingerprint density at radius 3 is 2.22 bits per heavy atom. The summed E-state index contributed by atoms with van der Waals surface area (Å²) in [5.41, 5.74) is 2.41. The number of terminal acetylenes is 1. The standard InChI is InChI=1S/C14H16N2O2/c1-5-12(17)16(14(2,3)4)15-13(18)11-9-7-6-8-10-11/h1,6-10H,2-4H3,(H,15,18). The van der Waals surface area contributed by atoms with E-state index in [0.29, 0.717) is 5.56 Å². The molecule has 0 spiro atoms. The van der Waals surface area contributed by atoms with Crippen LogP contribution in [0.25, 0.3) is 0 Å². The molecule has 94 valence electrons. The van der Waals surface area contributed by atoms with Crippen molar-refractivity contribution in [2.24, 2.45) is 0 Å². The molecule has 0 unspecified atom stereocenters. The van der Waals surface area contributed by atoms with Crippen LogP contribution >= 0.6 is 0 Å². The summed E-state index contributed by atoms with van der Waals surface area (Å²) < 4.78 is 0. The van der Waals surface area contributed by atoms with E-state index in [2.05, 4.69) is 5.43 Å². The molecule has 0 heterocycles. The summed E-state index contributed by atoms with van der Waals surface area (Å²) in [6.45, 7) is 5.36. The van der Waals surface area contributed by atoms with E-state index >= 15 is 0 Å². The number of rotatable bonds is 1. The lowest BCUT2D eigenvalue weighted by atomic mass is 10.1. The van der Waals surface area contributed by atoms with Crippen molar-refractivity contribution in [3.8, 4) is 12.3 Å². The van der Waals surface area contributed by atoms with Gasteiger partial charge in [0.2, 0.25) is 0 Å². The largest absolute Gasteiger partial charge is 0.317 e. The molecule has 4 heteroatoms. The maximum absolute atomic E-state index is 11.9. The third-order valence-corrected chi connectivity index (χ3v) is 2.25. The molecule has 0 fully saturated rings. The van der Waals surface area contributed by atoms with Crippen molar-refractivity contribution >= 4 is 11.8 Å². The highest BCUT2D eigenvalue weighted by atomic mass is 16.2. The molecule has 0 saturated heterocycles. The first kappa shape index (κ1) is 13.8. The molecule has 0 bridgehead atoms. The lowest BCUT2D eigenvalue weighted by Crippen LogP contribution is -2.55. The Morgan fingerprint density at radius 1 is 1.22 bits per heavy atom. The summed E-state index contributed by atoms with van der Waals surface area (Å²) in [4.78, 5) is 23.5. The fourth-order valence-electron chi connectivity index (χ4n) is 1.34. The highest BCUT2D eigenvalue weighted by Crippen LogP contribution is 2.11. The minimum Gasteiger partial charge on any atom is -0.267 e. The Labute approximate surface area is 107 Å². The van der Waals surface area contributed by atoms with E-state index in [-0.39, 0.29) is 5.91 Å². The number of nitrogens with one attached hydrogen (secondary N) is 1. The van der Waals surface area contributed by atoms with Crippen molar-refractivity contribution < 1.29 is 9.59 Å².